The van der Waals surface area contributed by atoms with Crippen molar-refractivity contribution >= 4 is 46.1 Å². The fourth-order valence-corrected chi connectivity index (χ4v) is 2.91. The molecule has 5 heteroatoms. The Bertz CT molecular complexity index is 496. The molecular formula is C11H8Cl3NS. The summed E-state index contributed by atoms with van der Waals surface area (Å²) in [5.41, 5.74) is 7.77. The minimum Gasteiger partial charge on any atom is -0.320 e. The molecular weight excluding hydrogens is 285 g/mol. The third kappa shape index (κ3) is 2.22. The molecule has 0 aliphatic rings. The van der Waals surface area contributed by atoms with Crippen LogP contribution < -0.4 is 5.73 Å². The third-order valence-corrected chi connectivity index (χ3v) is 4.14. The van der Waals surface area contributed by atoms with Crippen LogP contribution in [0.3, 0.4) is 0 Å². The van der Waals surface area contributed by atoms with Crippen molar-refractivity contribution in [2.24, 2.45) is 5.73 Å². The van der Waals surface area contributed by atoms with Gasteiger partial charge in [-0.15, -0.1) is 0 Å². The first kappa shape index (κ1) is 12.2. The van der Waals surface area contributed by atoms with E-state index in [0.717, 1.165) is 5.56 Å². The summed E-state index contributed by atoms with van der Waals surface area (Å²) in [7, 11) is 0. The van der Waals surface area contributed by atoms with E-state index in [1.54, 1.807) is 23.5 Å². The molecule has 0 aliphatic heterocycles. The lowest BCUT2D eigenvalue weighted by atomic mass is 10.0. The monoisotopic (exact) mass is 291 g/mol. The minimum absolute atomic E-state index is 0.343. The molecule has 1 atom stereocenters. The second-order valence-corrected chi connectivity index (χ2v) is 5.26. The predicted octanol–water partition coefficient (Wildman–Crippen LogP) is 4.76. The lowest BCUT2D eigenvalue weighted by Gasteiger charge is -2.15. The zero-order valence-electron chi connectivity index (χ0n) is 8.08. The maximum Gasteiger partial charge on any atom is 0.0658 e. The van der Waals surface area contributed by atoms with Gasteiger partial charge in [0.05, 0.1) is 16.1 Å². The molecule has 16 heavy (non-hydrogen) atoms. The third-order valence-electron chi connectivity index (χ3n) is 2.29. The van der Waals surface area contributed by atoms with Crippen LogP contribution >= 0.6 is 46.1 Å². The van der Waals surface area contributed by atoms with Crippen LogP contribution in [-0.2, 0) is 0 Å². The van der Waals surface area contributed by atoms with E-state index in [1.807, 2.05) is 16.8 Å². The molecule has 0 aliphatic carbocycles. The van der Waals surface area contributed by atoms with E-state index in [4.69, 9.17) is 40.5 Å². The molecule has 1 aromatic carbocycles. The van der Waals surface area contributed by atoms with E-state index in [-0.39, 0.29) is 6.04 Å². The molecule has 0 saturated carbocycles. The van der Waals surface area contributed by atoms with E-state index in [1.165, 1.54) is 0 Å². The Labute approximate surface area is 113 Å². The van der Waals surface area contributed by atoms with Gasteiger partial charge < -0.3 is 5.73 Å². The van der Waals surface area contributed by atoms with Crippen molar-refractivity contribution in [3.8, 4) is 0 Å². The molecule has 0 bridgehead atoms. The number of halogens is 3. The summed E-state index contributed by atoms with van der Waals surface area (Å²) in [5, 5.41) is 5.35. The molecule has 0 spiro atoms. The van der Waals surface area contributed by atoms with Gasteiger partial charge >= 0.3 is 0 Å². The van der Waals surface area contributed by atoms with Crippen LogP contribution in [-0.4, -0.2) is 0 Å². The Kier molecular flexibility index (Phi) is 3.77. The fraction of sp³-hybridized carbons (Fsp3) is 0.0909. The van der Waals surface area contributed by atoms with Crippen molar-refractivity contribution in [3.05, 3.63) is 55.2 Å². The quantitative estimate of drug-likeness (QED) is 0.794. The Morgan fingerprint density at radius 1 is 1.06 bits per heavy atom. The van der Waals surface area contributed by atoms with Crippen LogP contribution in [0, 0.1) is 0 Å². The SMILES string of the molecule is N[C@H](c1ccsc1)c1c(Cl)ccc(Cl)c1Cl. The highest BCUT2D eigenvalue weighted by atomic mass is 35.5. The Balaban J connectivity index is 2.52. The van der Waals surface area contributed by atoms with Gasteiger partial charge in [-0.2, -0.15) is 11.3 Å². The zero-order chi connectivity index (χ0) is 11.7. The van der Waals surface area contributed by atoms with E-state index >= 15 is 0 Å². The minimum atomic E-state index is -0.343. The molecule has 1 aromatic heterocycles. The Morgan fingerprint density at radius 2 is 1.75 bits per heavy atom. The molecule has 0 radical (unpaired) electrons. The topological polar surface area (TPSA) is 26.0 Å². The molecule has 1 heterocycles. The van der Waals surface area contributed by atoms with Crippen molar-refractivity contribution in [2.45, 2.75) is 6.04 Å². The summed E-state index contributed by atoms with van der Waals surface area (Å²) < 4.78 is 0. The Hall–Kier alpha value is -0.250. The molecule has 2 N–H and O–H groups in total. The standard InChI is InChI=1S/C11H8Cl3NS/c12-7-1-2-8(13)10(14)9(7)11(15)6-3-4-16-5-6/h1-5,11H,15H2/t11-/m1/s1. The van der Waals surface area contributed by atoms with E-state index in [0.29, 0.717) is 20.6 Å². The molecule has 1 nitrogen and oxygen atoms in total. The molecule has 0 fully saturated rings. The van der Waals surface area contributed by atoms with Gasteiger partial charge in [0.25, 0.3) is 0 Å². The summed E-state index contributed by atoms with van der Waals surface area (Å²) in [6.45, 7) is 0. The highest BCUT2D eigenvalue weighted by Crippen LogP contribution is 2.37. The van der Waals surface area contributed by atoms with E-state index in [2.05, 4.69) is 0 Å². The van der Waals surface area contributed by atoms with Crippen LogP contribution in [0.25, 0.3) is 0 Å². The maximum absolute atomic E-state index is 6.12. The summed E-state index contributed by atoms with van der Waals surface area (Å²) >= 11 is 19.7. The average Bonchev–Trinajstić information content (AvgIpc) is 2.77. The zero-order valence-corrected chi connectivity index (χ0v) is 11.2. The van der Waals surface area contributed by atoms with Crippen molar-refractivity contribution in [1.29, 1.82) is 0 Å². The molecule has 0 amide bonds. The van der Waals surface area contributed by atoms with Crippen LogP contribution in [0.1, 0.15) is 17.2 Å². The summed E-state index contributed by atoms with van der Waals surface area (Å²) in [4.78, 5) is 0. The van der Waals surface area contributed by atoms with E-state index < -0.39 is 0 Å². The number of nitrogens with two attached hydrogens (primary N) is 1. The molecule has 0 saturated heterocycles. The number of hydrogen-bond acceptors (Lipinski definition) is 2. The largest absolute Gasteiger partial charge is 0.320 e. The second-order valence-electron chi connectivity index (χ2n) is 3.29. The van der Waals surface area contributed by atoms with Gasteiger partial charge in [0.1, 0.15) is 0 Å². The number of thiophene rings is 1. The van der Waals surface area contributed by atoms with Crippen molar-refractivity contribution in [2.75, 3.05) is 0 Å². The van der Waals surface area contributed by atoms with Crippen LogP contribution in [0.2, 0.25) is 15.1 Å². The fourth-order valence-electron chi connectivity index (χ4n) is 1.45. The van der Waals surface area contributed by atoms with Gasteiger partial charge in [0.15, 0.2) is 0 Å². The van der Waals surface area contributed by atoms with Gasteiger partial charge in [-0.25, -0.2) is 0 Å². The molecule has 2 rings (SSSR count). The first-order valence-electron chi connectivity index (χ1n) is 4.52. The summed E-state index contributed by atoms with van der Waals surface area (Å²) in [6, 6.07) is 4.97. The summed E-state index contributed by atoms with van der Waals surface area (Å²) in [5.74, 6) is 0. The van der Waals surface area contributed by atoms with Crippen molar-refractivity contribution in [1.82, 2.24) is 0 Å². The van der Waals surface area contributed by atoms with Crippen LogP contribution in [0.4, 0.5) is 0 Å². The predicted molar refractivity (Wildman–Crippen MR) is 71.8 cm³/mol. The van der Waals surface area contributed by atoms with Crippen molar-refractivity contribution in [3.63, 3.8) is 0 Å². The van der Waals surface area contributed by atoms with Crippen LogP contribution in [0.15, 0.2) is 29.0 Å². The van der Waals surface area contributed by atoms with Gasteiger partial charge in [0.2, 0.25) is 0 Å². The lowest BCUT2D eigenvalue weighted by Crippen LogP contribution is -2.12. The molecule has 2 aromatic rings. The van der Waals surface area contributed by atoms with E-state index in [9.17, 15) is 0 Å². The first-order chi connectivity index (χ1) is 7.61. The summed E-state index contributed by atoms with van der Waals surface area (Å²) in [6.07, 6.45) is 0. The maximum atomic E-state index is 6.12. The van der Waals surface area contributed by atoms with Gasteiger partial charge in [-0.1, -0.05) is 34.8 Å². The first-order valence-corrected chi connectivity index (χ1v) is 6.60. The highest BCUT2D eigenvalue weighted by molar-refractivity contribution is 7.08. The lowest BCUT2D eigenvalue weighted by molar-refractivity contribution is 0.877. The molecule has 84 valence electrons. The Morgan fingerprint density at radius 3 is 2.38 bits per heavy atom. The second kappa shape index (κ2) is 4.94. The van der Waals surface area contributed by atoms with Gasteiger partial charge in [-0.3, -0.25) is 0 Å². The van der Waals surface area contributed by atoms with Gasteiger partial charge in [-0.05, 0) is 34.5 Å². The number of hydrogen-bond donors (Lipinski definition) is 1. The number of benzene rings is 1. The normalized spacial score (nSPS) is 12.8. The smallest absolute Gasteiger partial charge is 0.0658 e. The molecule has 0 unspecified atom stereocenters. The highest BCUT2D eigenvalue weighted by Gasteiger charge is 2.18. The van der Waals surface area contributed by atoms with Crippen LogP contribution in [0.5, 0.6) is 0 Å². The average molecular weight is 293 g/mol. The van der Waals surface area contributed by atoms with Gasteiger partial charge in [0, 0.05) is 10.6 Å². The number of rotatable bonds is 2. The van der Waals surface area contributed by atoms with Crippen molar-refractivity contribution < 1.29 is 0 Å².